The summed E-state index contributed by atoms with van der Waals surface area (Å²) in [5.74, 6) is -0.883. The third kappa shape index (κ3) is 1.59. The molecule has 0 aliphatic heterocycles. The molecule has 2 aromatic heterocycles. The molecule has 0 aliphatic carbocycles. The Hall–Kier alpha value is -2.75. The van der Waals surface area contributed by atoms with Crippen molar-refractivity contribution in [1.82, 2.24) is 19.7 Å². The summed E-state index contributed by atoms with van der Waals surface area (Å²) < 4.78 is 1.20. The zero-order chi connectivity index (χ0) is 11.5. The fourth-order valence-electron chi connectivity index (χ4n) is 1.13. The van der Waals surface area contributed by atoms with Crippen LogP contribution in [0, 0.1) is 11.3 Å². The summed E-state index contributed by atoms with van der Waals surface area (Å²) in [6, 6.07) is 1.85. The summed E-state index contributed by atoms with van der Waals surface area (Å²) in [5.41, 5.74) is 0.108. The molecule has 0 unspecified atom stereocenters. The van der Waals surface area contributed by atoms with Crippen molar-refractivity contribution in [3.63, 3.8) is 0 Å². The molecule has 7 nitrogen and oxygen atoms in total. The number of hydrogen-bond donors (Lipinski definition) is 1. The lowest BCUT2D eigenvalue weighted by Gasteiger charge is -1.99. The van der Waals surface area contributed by atoms with Crippen LogP contribution < -0.4 is 0 Å². The lowest BCUT2D eigenvalue weighted by molar-refractivity contribution is 0.0697. The van der Waals surface area contributed by atoms with E-state index in [2.05, 4.69) is 15.1 Å². The number of nitrogens with zero attached hydrogens (tertiary/aromatic N) is 5. The predicted octanol–water partition coefficient (Wildman–Crippen LogP) is 0.232. The summed E-state index contributed by atoms with van der Waals surface area (Å²) in [6.07, 6.45) is 5.23. The molecule has 0 saturated carbocycles. The van der Waals surface area contributed by atoms with Crippen molar-refractivity contribution in [1.29, 1.82) is 5.26 Å². The Morgan fingerprint density at radius 2 is 2.19 bits per heavy atom. The van der Waals surface area contributed by atoms with Gasteiger partial charge in [-0.3, -0.25) is 0 Å². The first-order valence-electron chi connectivity index (χ1n) is 4.22. The van der Waals surface area contributed by atoms with Crippen LogP contribution in [0.15, 0.2) is 24.8 Å². The molecular formula is C9H5N5O2. The second-order valence-electron chi connectivity index (χ2n) is 2.82. The molecule has 0 spiro atoms. The molecule has 7 heteroatoms. The van der Waals surface area contributed by atoms with Crippen molar-refractivity contribution in [2.24, 2.45) is 0 Å². The number of carbonyl (C=O) groups is 1. The van der Waals surface area contributed by atoms with Crippen LogP contribution in [0.25, 0.3) is 5.82 Å². The Morgan fingerprint density at radius 3 is 2.81 bits per heavy atom. The van der Waals surface area contributed by atoms with E-state index in [0.717, 1.165) is 0 Å². The zero-order valence-electron chi connectivity index (χ0n) is 7.90. The topological polar surface area (TPSA) is 105 Å². The van der Waals surface area contributed by atoms with Crippen LogP contribution in [-0.4, -0.2) is 30.8 Å². The first-order valence-corrected chi connectivity index (χ1v) is 4.22. The van der Waals surface area contributed by atoms with Crippen molar-refractivity contribution in [3.8, 4) is 11.9 Å². The van der Waals surface area contributed by atoms with E-state index in [9.17, 15) is 4.79 Å². The van der Waals surface area contributed by atoms with Crippen LogP contribution in [0.5, 0.6) is 0 Å². The third-order valence-electron chi connectivity index (χ3n) is 1.83. The van der Waals surface area contributed by atoms with E-state index < -0.39 is 5.97 Å². The predicted molar refractivity (Wildman–Crippen MR) is 50.8 cm³/mol. The van der Waals surface area contributed by atoms with E-state index >= 15 is 0 Å². The Balaban J connectivity index is 2.51. The highest BCUT2D eigenvalue weighted by molar-refractivity contribution is 5.86. The molecule has 2 rings (SSSR count). The van der Waals surface area contributed by atoms with Gasteiger partial charge in [0.25, 0.3) is 0 Å². The Labute approximate surface area is 89.6 Å². The maximum absolute atomic E-state index is 10.6. The van der Waals surface area contributed by atoms with Crippen LogP contribution in [0.4, 0.5) is 0 Å². The fourth-order valence-corrected chi connectivity index (χ4v) is 1.13. The number of carboxylic acid groups (broad SMARTS) is 1. The molecule has 0 aromatic carbocycles. The van der Waals surface area contributed by atoms with Crippen molar-refractivity contribution in [2.45, 2.75) is 0 Å². The molecule has 0 amide bonds. The van der Waals surface area contributed by atoms with Crippen LogP contribution in [0.2, 0.25) is 0 Å². The van der Waals surface area contributed by atoms with Gasteiger partial charge in [-0.2, -0.15) is 10.4 Å². The quantitative estimate of drug-likeness (QED) is 0.768. The molecule has 16 heavy (non-hydrogen) atoms. The van der Waals surface area contributed by atoms with Gasteiger partial charge in [-0.15, -0.1) is 0 Å². The summed E-state index contributed by atoms with van der Waals surface area (Å²) >= 11 is 0. The standard InChI is InChI=1S/C9H5N5O2/c10-3-7-8(12-2-1-11-7)14-5-6(4-13-14)9(15)16/h1-2,4-5H,(H,15,16). The number of hydrogen-bond acceptors (Lipinski definition) is 5. The Bertz CT molecular complexity index is 584. The maximum atomic E-state index is 10.6. The lowest BCUT2D eigenvalue weighted by Crippen LogP contribution is -2.03. The van der Waals surface area contributed by atoms with Crippen LogP contribution >= 0.6 is 0 Å². The molecule has 1 N–H and O–H groups in total. The number of aromatic nitrogens is 4. The van der Waals surface area contributed by atoms with Crippen LogP contribution in [-0.2, 0) is 0 Å². The lowest BCUT2D eigenvalue weighted by atomic mass is 10.4. The largest absolute Gasteiger partial charge is 0.478 e. The summed E-state index contributed by atoms with van der Waals surface area (Å²) in [6.45, 7) is 0. The van der Waals surface area contributed by atoms with E-state index in [1.54, 1.807) is 0 Å². The Morgan fingerprint density at radius 1 is 1.44 bits per heavy atom. The molecule has 0 bridgehead atoms. The molecule has 0 radical (unpaired) electrons. The van der Waals surface area contributed by atoms with Crippen molar-refractivity contribution >= 4 is 5.97 Å². The van der Waals surface area contributed by atoms with Gasteiger partial charge in [0.05, 0.1) is 11.8 Å². The molecule has 0 saturated heterocycles. The van der Waals surface area contributed by atoms with E-state index in [-0.39, 0.29) is 17.1 Å². The fraction of sp³-hybridized carbons (Fsp3) is 0. The minimum atomic E-state index is -1.09. The monoisotopic (exact) mass is 215 g/mol. The summed E-state index contributed by atoms with van der Waals surface area (Å²) in [4.78, 5) is 18.4. The van der Waals surface area contributed by atoms with Gasteiger partial charge < -0.3 is 5.11 Å². The smallest absolute Gasteiger partial charge is 0.338 e. The summed E-state index contributed by atoms with van der Waals surface area (Å²) in [7, 11) is 0. The van der Waals surface area contributed by atoms with Gasteiger partial charge in [-0.25, -0.2) is 19.4 Å². The molecule has 0 atom stereocenters. The highest BCUT2D eigenvalue weighted by Gasteiger charge is 2.11. The number of nitriles is 1. The third-order valence-corrected chi connectivity index (χ3v) is 1.83. The van der Waals surface area contributed by atoms with E-state index in [1.807, 2.05) is 6.07 Å². The van der Waals surface area contributed by atoms with Gasteiger partial charge in [-0.1, -0.05) is 0 Å². The van der Waals surface area contributed by atoms with E-state index in [0.29, 0.717) is 0 Å². The number of rotatable bonds is 2. The van der Waals surface area contributed by atoms with E-state index in [1.165, 1.54) is 29.5 Å². The maximum Gasteiger partial charge on any atom is 0.338 e. The van der Waals surface area contributed by atoms with Crippen LogP contribution in [0.1, 0.15) is 16.1 Å². The Kier molecular flexibility index (Phi) is 2.31. The first kappa shape index (κ1) is 9.79. The van der Waals surface area contributed by atoms with Crippen LogP contribution in [0.3, 0.4) is 0 Å². The van der Waals surface area contributed by atoms with Crippen molar-refractivity contribution in [2.75, 3.05) is 0 Å². The van der Waals surface area contributed by atoms with Gasteiger partial charge in [0, 0.05) is 18.6 Å². The highest BCUT2D eigenvalue weighted by atomic mass is 16.4. The second kappa shape index (κ2) is 3.78. The average Bonchev–Trinajstić information content (AvgIpc) is 2.78. The molecule has 2 aromatic rings. The average molecular weight is 215 g/mol. The van der Waals surface area contributed by atoms with Crippen molar-refractivity contribution in [3.05, 3.63) is 36.0 Å². The van der Waals surface area contributed by atoms with E-state index in [4.69, 9.17) is 10.4 Å². The minimum Gasteiger partial charge on any atom is -0.478 e. The van der Waals surface area contributed by atoms with Gasteiger partial charge >= 0.3 is 5.97 Å². The first-order chi connectivity index (χ1) is 7.72. The zero-order valence-corrected chi connectivity index (χ0v) is 7.90. The molecule has 2 heterocycles. The SMILES string of the molecule is N#Cc1nccnc1-n1cc(C(=O)O)cn1. The second-order valence-corrected chi connectivity index (χ2v) is 2.82. The molecule has 0 aliphatic rings. The van der Waals surface area contributed by atoms with Crippen molar-refractivity contribution < 1.29 is 9.90 Å². The van der Waals surface area contributed by atoms with Gasteiger partial charge in [-0.05, 0) is 0 Å². The van der Waals surface area contributed by atoms with Gasteiger partial charge in [0.2, 0.25) is 0 Å². The summed E-state index contributed by atoms with van der Waals surface area (Å²) in [5, 5.41) is 21.3. The minimum absolute atomic E-state index is 0.0227. The number of aromatic carboxylic acids is 1. The van der Waals surface area contributed by atoms with Gasteiger partial charge in [0.15, 0.2) is 11.5 Å². The normalized spacial score (nSPS) is 9.69. The molecule has 78 valence electrons. The van der Waals surface area contributed by atoms with Gasteiger partial charge in [0.1, 0.15) is 6.07 Å². The molecule has 0 fully saturated rings. The molecular weight excluding hydrogens is 210 g/mol. The number of carboxylic acids is 1. The highest BCUT2D eigenvalue weighted by Crippen LogP contribution is 2.08.